The van der Waals surface area contributed by atoms with Gasteiger partial charge in [0.2, 0.25) is 23.6 Å². The van der Waals surface area contributed by atoms with E-state index in [0.717, 1.165) is 12.2 Å². The molecule has 8 heteroatoms. The molecule has 0 aromatic carbocycles. The van der Waals surface area contributed by atoms with E-state index in [0.29, 0.717) is 13.1 Å². The van der Waals surface area contributed by atoms with Crippen molar-refractivity contribution in [2.75, 3.05) is 39.3 Å². The van der Waals surface area contributed by atoms with Crippen molar-refractivity contribution in [2.24, 2.45) is 0 Å². The lowest BCUT2D eigenvalue weighted by Gasteiger charge is -2.27. The van der Waals surface area contributed by atoms with E-state index < -0.39 is 0 Å². The van der Waals surface area contributed by atoms with Crippen molar-refractivity contribution in [1.82, 2.24) is 20.4 Å². The van der Waals surface area contributed by atoms with E-state index in [1.54, 1.807) is 0 Å². The van der Waals surface area contributed by atoms with Gasteiger partial charge in [0, 0.05) is 46.2 Å². The number of hydrogen-bond acceptors (Lipinski definition) is 4. The van der Waals surface area contributed by atoms with Crippen LogP contribution in [0.3, 0.4) is 0 Å². The molecule has 0 aliphatic rings. The molecule has 4 amide bonds. The van der Waals surface area contributed by atoms with Gasteiger partial charge in [-0.15, -0.1) is 0 Å². The number of nitrogens with zero attached hydrogens (tertiary/aromatic N) is 2. The van der Waals surface area contributed by atoms with Crippen LogP contribution in [0.4, 0.5) is 0 Å². The third-order valence-electron chi connectivity index (χ3n) is 3.30. The van der Waals surface area contributed by atoms with Gasteiger partial charge in [-0.05, 0) is 18.2 Å². The first-order chi connectivity index (χ1) is 11.8. The summed E-state index contributed by atoms with van der Waals surface area (Å²) in [4.78, 5) is 48.8. The van der Waals surface area contributed by atoms with Crippen molar-refractivity contribution in [2.45, 2.75) is 6.92 Å². The zero-order chi connectivity index (χ0) is 19.2. The number of rotatable bonds is 12. The van der Waals surface area contributed by atoms with Gasteiger partial charge in [-0.2, -0.15) is 0 Å². The van der Waals surface area contributed by atoms with E-state index in [9.17, 15) is 19.2 Å². The number of carbonyl (C=O) groups is 4. The standard InChI is InChI=1S/C17H26N4O4/c1-5-15(23)18-8-10-20(14(4)22)12-13-21(17(25)7-3)11-9-19-16(24)6-2/h5-7H,1-3,8-13H2,4H3,(H,18,23)(H,19,24). The summed E-state index contributed by atoms with van der Waals surface area (Å²) in [6.07, 6.45) is 3.48. The largest absolute Gasteiger partial charge is 0.351 e. The zero-order valence-electron chi connectivity index (χ0n) is 14.6. The van der Waals surface area contributed by atoms with Gasteiger partial charge in [-0.3, -0.25) is 19.2 Å². The van der Waals surface area contributed by atoms with Crippen LogP contribution in [0.25, 0.3) is 0 Å². The quantitative estimate of drug-likeness (QED) is 0.462. The fourth-order valence-electron chi connectivity index (χ4n) is 1.90. The van der Waals surface area contributed by atoms with Crippen LogP contribution in [-0.4, -0.2) is 72.7 Å². The van der Waals surface area contributed by atoms with Gasteiger partial charge >= 0.3 is 0 Å². The molecule has 0 saturated carbocycles. The summed E-state index contributed by atoms with van der Waals surface area (Å²) in [5.74, 6) is -1.10. The Morgan fingerprint density at radius 2 is 1.20 bits per heavy atom. The average Bonchev–Trinajstić information content (AvgIpc) is 2.60. The highest BCUT2D eigenvalue weighted by Crippen LogP contribution is 1.95. The van der Waals surface area contributed by atoms with Gasteiger partial charge < -0.3 is 20.4 Å². The van der Waals surface area contributed by atoms with Gasteiger partial charge in [0.1, 0.15) is 0 Å². The van der Waals surface area contributed by atoms with Crippen LogP contribution in [0.5, 0.6) is 0 Å². The normalized spacial score (nSPS) is 9.48. The molecule has 0 atom stereocenters. The first kappa shape index (κ1) is 22.1. The summed E-state index contributed by atoms with van der Waals surface area (Å²) in [6, 6.07) is 0. The Morgan fingerprint density at radius 3 is 1.60 bits per heavy atom. The Kier molecular flexibility index (Phi) is 11.1. The van der Waals surface area contributed by atoms with Crippen LogP contribution in [0, 0.1) is 0 Å². The summed E-state index contributed by atoms with van der Waals surface area (Å²) in [5, 5.41) is 5.17. The van der Waals surface area contributed by atoms with Crippen molar-refractivity contribution >= 4 is 23.6 Å². The molecule has 2 N–H and O–H groups in total. The Hall–Kier alpha value is -2.90. The lowest BCUT2D eigenvalue weighted by molar-refractivity contribution is -0.131. The third-order valence-corrected chi connectivity index (χ3v) is 3.30. The Morgan fingerprint density at radius 1 is 0.760 bits per heavy atom. The maximum Gasteiger partial charge on any atom is 0.246 e. The minimum atomic E-state index is -0.325. The van der Waals surface area contributed by atoms with E-state index in [1.165, 1.54) is 22.8 Å². The molecule has 0 saturated heterocycles. The van der Waals surface area contributed by atoms with Gasteiger partial charge in [-0.25, -0.2) is 0 Å². The third kappa shape index (κ3) is 9.75. The Balaban J connectivity index is 4.54. The topological polar surface area (TPSA) is 98.8 Å². The van der Waals surface area contributed by atoms with Crippen LogP contribution in [0.1, 0.15) is 6.92 Å². The smallest absolute Gasteiger partial charge is 0.246 e. The fourth-order valence-corrected chi connectivity index (χ4v) is 1.90. The predicted molar refractivity (Wildman–Crippen MR) is 95.4 cm³/mol. The number of carbonyl (C=O) groups excluding carboxylic acids is 4. The molecule has 0 aromatic rings. The molecule has 0 spiro atoms. The van der Waals surface area contributed by atoms with Crippen LogP contribution < -0.4 is 10.6 Å². The summed E-state index contributed by atoms with van der Waals surface area (Å²) in [7, 11) is 0. The SMILES string of the molecule is C=CC(=O)NCCN(CCN(CCNC(=O)C=C)C(=O)C=C)C(C)=O. The first-order valence-corrected chi connectivity index (χ1v) is 7.83. The number of amides is 4. The highest BCUT2D eigenvalue weighted by molar-refractivity contribution is 5.88. The molecule has 0 aromatic heterocycles. The van der Waals surface area contributed by atoms with Crippen molar-refractivity contribution in [1.29, 1.82) is 0 Å². The minimum Gasteiger partial charge on any atom is -0.351 e. The molecule has 0 rings (SSSR count). The Bertz CT molecular complexity index is 531. The molecule has 8 nitrogen and oxygen atoms in total. The van der Waals surface area contributed by atoms with Crippen LogP contribution >= 0.6 is 0 Å². The predicted octanol–water partition coefficient (Wildman–Crippen LogP) is -0.546. The number of hydrogen-bond donors (Lipinski definition) is 2. The van der Waals surface area contributed by atoms with Gasteiger partial charge in [0.05, 0.1) is 0 Å². The fraction of sp³-hybridized carbons (Fsp3) is 0.412. The van der Waals surface area contributed by atoms with Gasteiger partial charge in [-0.1, -0.05) is 19.7 Å². The molecule has 25 heavy (non-hydrogen) atoms. The zero-order valence-corrected chi connectivity index (χ0v) is 14.6. The summed E-state index contributed by atoms with van der Waals surface area (Å²) < 4.78 is 0. The van der Waals surface area contributed by atoms with E-state index in [4.69, 9.17) is 0 Å². The maximum absolute atomic E-state index is 11.9. The van der Waals surface area contributed by atoms with E-state index in [-0.39, 0.29) is 49.8 Å². The second-order valence-corrected chi connectivity index (χ2v) is 5.03. The lowest BCUT2D eigenvalue weighted by Crippen LogP contribution is -2.44. The second kappa shape index (κ2) is 12.5. The van der Waals surface area contributed by atoms with Crippen LogP contribution in [0.2, 0.25) is 0 Å². The maximum atomic E-state index is 11.9. The lowest BCUT2D eigenvalue weighted by atomic mass is 10.3. The molecular weight excluding hydrogens is 324 g/mol. The highest BCUT2D eigenvalue weighted by Gasteiger charge is 2.14. The molecule has 0 aliphatic heterocycles. The van der Waals surface area contributed by atoms with Crippen LogP contribution in [0.15, 0.2) is 38.0 Å². The monoisotopic (exact) mass is 350 g/mol. The van der Waals surface area contributed by atoms with Crippen molar-refractivity contribution in [3.05, 3.63) is 38.0 Å². The van der Waals surface area contributed by atoms with Crippen molar-refractivity contribution in [3.63, 3.8) is 0 Å². The molecule has 0 unspecified atom stereocenters. The molecule has 0 heterocycles. The minimum absolute atomic E-state index is 0.168. The summed E-state index contributed by atoms with van der Waals surface area (Å²) >= 11 is 0. The molecule has 138 valence electrons. The Labute approximate surface area is 148 Å². The summed E-state index contributed by atoms with van der Waals surface area (Å²) in [6.45, 7) is 13.3. The number of nitrogens with one attached hydrogen (secondary N) is 2. The molecule has 0 bridgehead atoms. The van der Waals surface area contributed by atoms with Crippen LogP contribution in [-0.2, 0) is 19.2 Å². The summed E-state index contributed by atoms with van der Waals surface area (Å²) in [5.41, 5.74) is 0. The van der Waals surface area contributed by atoms with E-state index in [2.05, 4.69) is 30.4 Å². The highest BCUT2D eigenvalue weighted by atomic mass is 16.2. The van der Waals surface area contributed by atoms with Crippen molar-refractivity contribution < 1.29 is 19.2 Å². The average molecular weight is 350 g/mol. The molecule has 0 aliphatic carbocycles. The van der Waals surface area contributed by atoms with E-state index >= 15 is 0 Å². The van der Waals surface area contributed by atoms with Gasteiger partial charge in [0.25, 0.3) is 0 Å². The van der Waals surface area contributed by atoms with Crippen molar-refractivity contribution in [3.8, 4) is 0 Å². The molecule has 0 fully saturated rings. The van der Waals surface area contributed by atoms with E-state index in [1.807, 2.05) is 0 Å². The van der Waals surface area contributed by atoms with Gasteiger partial charge in [0.15, 0.2) is 0 Å². The molecular formula is C17H26N4O4. The molecule has 0 radical (unpaired) electrons. The second-order valence-electron chi connectivity index (χ2n) is 5.03. The first-order valence-electron chi connectivity index (χ1n) is 7.83.